The molecule has 0 aliphatic heterocycles. The topological polar surface area (TPSA) is 54.3 Å². The summed E-state index contributed by atoms with van der Waals surface area (Å²) in [7, 11) is 1.91. The van der Waals surface area contributed by atoms with Gasteiger partial charge >= 0.3 is 0 Å². The SMILES string of the molecule is Cc1c(C(=O)NC2CC2)c2ccc(O)cc2n1C. The lowest BCUT2D eigenvalue weighted by Gasteiger charge is -2.03. The first kappa shape index (κ1) is 11.1. The van der Waals surface area contributed by atoms with Crippen molar-refractivity contribution in [2.45, 2.75) is 25.8 Å². The van der Waals surface area contributed by atoms with E-state index < -0.39 is 0 Å². The molecule has 2 N–H and O–H groups in total. The van der Waals surface area contributed by atoms with Gasteiger partial charge in [-0.2, -0.15) is 0 Å². The van der Waals surface area contributed by atoms with Gasteiger partial charge in [-0.3, -0.25) is 4.79 Å². The Morgan fingerprint density at radius 1 is 1.44 bits per heavy atom. The molecule has 3 rings (SSSR count). The fraction of sp³-hybridized carbons (Fsp3) is 0.357. The van der Waals surface area contributed by atoms with Crippen LogP contribution in [0.15, 0.2) is 18.2 Å². The van der Waals surface area contributed by atoms with Crippen LogP contribution in [0.25, 0.3) is 10.9 Å². The van der Waals surface area contributed by atoms with E-state index in [1.165, 1.54) is 0 Å². The molecule has 1 heterocycles. The first-order chi connectivity index (χ1) is 8.58. The van der Waals surface area contributed by atoms with Crippen LogP contribution in [0.3, 0.4) is 0 Å². The third kappa shape index (κ3) is 1.65. The van der Waals surface area contributed by atoms with Crippen LogP contribution in [0.4, 0.5) is 0 Å². The van der Waals surface area contributed by atoms with Crippen LogP contribution in [-0.2, 0) is 7.05 Å². The second-order valence-electron chi connectivity index (χ2n) is 4.97. The van der Waals surface area contributed by atoms with Crippen LogP contribution in [0.1, 0.15) is 28.9 Å². The van der Waals surface area contributed by atoms with E-state index in [0.29, 0.717) is 6.04 Å². The molecule has 1 aliphatic rings. The van der Waals surface area contributed by atoms with Crippen molar-refractivity contribution in [2.24, 2.45) is 7.05 Å². The lowest BCUT2D eigenvalue weighted by Crippen LogP contribution is -2.25. The van der Waals surface area contributed by atoms with Gasteiger partial charge in [-0.25, -0.2) is 0 Å². The minimum absolute atomic E-state index is 0.00807. The van der Waals surface area contributed by atoms with E-state index in [0.717, 1.165) is 35.0 Å². The van der Waals surface area contributed by atoms with E-state index in [-0.39, 0.29) is 11.7 Å². The predicted molar refractivity (Wildman–Crippen MR) is 69.8 cm³/mol. The largest absolute Gasteiger partial charge is 0.508 e. The molecule has 0 radical (unpaired) electrons. The van der Waals surface area contributed by atoms with Crippen LogP contribution >= 0.6 is 0 Å². The Morgan fingerprint density at radius 3 is 2.83 bits per heavy atom. The van der Waals surface area contributed by atoms with Gasteiger partial charge in [-0.05, 0) is 31.9 Å². The van der Waals surface area contributed by atoms with E-state index >= 15 is 0 Å². The molecular weight excluding hydrogens is 228 g/mol. The average molecular weight is 244 g/mol. The minimum atomic E-state index is -0.00807. The number of phenols is 1. The lowest BCUT2D eigenvalue weighted by molar-refractivity contribution is 0.0952. The summed E-state index contributed by atoms with van der Waals surface area (Å²) in [6.45, 7) is 1.93. The third-order valence-corrected chi connectivity index (χ3v) is 3.62. The Balaban J connectivity index is 2.15. The van der Waals surface area contributed by atoms with E-state index in [9.17, 15) is 9.90 Å². The molecule has 0 bridgehead atoms. The normalized spacial score (nSPS) is 15.0. The molecule has 18 heavy (non-hydrogen) atoms. The van der Waals surface area contributed by atoms with Gasteiger partial charge in [0.15, 0.2) is 0 Å². The number of aromatic nitrogens is 1. The maximum atomic E-state index is 12.2. The maximum absolute atomic E-state index is 12.2. The summed E-state index contributed by atoms with van der Waals surface area (Å²) in [5, 5.41) is 13.4. The van der Waals surface area contributed by atoms with Crippen molar-refractivity contribution in [2.75, 3.05) is 0 Å². The number of hydrogen-bond donors (Lipinski definition) is 2. The summed E-state index contributed by atoms with van der Waals surface area (Å²) in [5.74, 6) is 0.212. The Hall–Kier alpha value is -1.97. The van der Waals surface area contributed by atoms with Gasteiger partial charge in [0.25, 0.3) is 5.91 Å². The molecule has 0 atom stereocenters. The van der Waals surface area contributed by atoms with Gasteiger partial charge in [0.1, 0.15) is 5.75 Å². The number of carbonyl (C=O) groups excluding carboxylic acids is 1. The number of aromatic hydroxyl groups is 1. The molecule has 4 heteroatoms. The van der Waals surface area contributed by atoms with E-state index in [1.807, 2.05) is 18.5 Å². The summed E-state index contributed by atoms with van der Waals surface area (Å²) in [4.78, 5) is 12.2. The van der Waals surface area contributed by atoms with Crippen LogP contribution in [0.2, 0.25) is 0 Å². The molecule has 0 spiro atoms. The summed E-state index contributed by atoms with van der Waals surface area (Å²) >= 11 is 0. The van der Waals surface area contributed by atoms with Crippen LogP contribution in [0, 0.1) is 6.92 Å². The first-order valence-electron chi connectivity index (χ1n) is 6.17. The molecule has 4 nitrogen and oxygen atoms in total. The highest BCUT2D eigenvalue weighted by Gasteiger charge is 2.26. The fourth-order valence-electron chi connectivity index (χ4n) is 2.32. The maximum Gasteiger partial charge on any atom is 0.253 e. The second-order valence-corrected chi connectivity index (χ2v) is 4.97. The van der Waals surface area contributed by atoms with E-state index in [2.05, 4.69) is 5.32 Å². The van der Waals surface area contributed by atoms with Gasteiger partial charge in [0, 0.05) is 30.2 Å². The molecule has 2 aromatic rings. The lowest BCUT2D eigenvalue weighted by atomic mass is 10.1. The summed E-state index contributed by atoms with van der Waals surface area (Å²) < 4.78 is 1.94. The standard InChI is InChI=1S/C14H16N2O2/c1-8-13(14(18)15-9-3-4-9)11-6-5-10(17)7-12(11)16(8)2/h5-7,9,17H,3-4H2,1-2H3,(H,15,18). The third-order valence-electron chi connectivity index (χ3n) is 3.62. The molecule has 0 unspecified atom stereocenters. The van der Waals surface area contributed by atoms with Crippen molar-refractivity contribution in [3.05, 3.63) is 29.5 Å². The van der Waals surface area contributed by atoms with Gasteiger partial charge in [-0.1, -0.05) is 0 Å². The Morgan fingerprint density at radius 2 is 2.17 bits per heavy atom. The molecule has 1 aromatic carbocycles. The van der Waals surface area contributed by atoms with E-state index in [4.69, 9.17) is 0 Å². The van der Waals surface area contributed by atoms with Crippen molar-refractivity contribution >= 4 is 16.8 Å². The number of benzene rings is 1. The van der Waals surface area contributed by atoms with Crippen molar-refractivity contribution in [1.29, 1.82) is 0 Å². The highest BCUT2D eigenvalue weighted by Crippen LogP contribution is 2.29. The zero-order chi connectivity index (χ0) is 12.9. The quantitative estimate of drug-likeness (QED) is 0.849. The van der Waals surface area contributed by atoms with Gasteiger partial charge < -0.3 is 15.0 Å². The van der Waals surface area contributed by atoms with Gasteiger partial charge in [-0.15, -0.1) is 0 Å². The van der Waals surface area contributed by atoms with Crippen LogP contribution < -0.4 is 5.32 Å². The number of phenolic OH excluding ortho intramolecular Hbond substituents is 1. The molecule has 94 valence electrons. The Bertz CT molecular complexity index is 639. The van der Waals surface area contributed by atoms with Crippen molar-refractivity contribution in [3.8, 4) is 5.75 Å². The minimum Gasteiger partial charge on any atom is -0.508 e. The number of nitrogens with zero attached hydrogens (tertiary/aromatic N) is 1. The average Bonchev–Trinajstić information content (AvgIpc) is 3.10. The number of hydrogen-bond acceptors (Lipinski definition) is 2. The monoisotopic (exact) mass is 244 g/mol. The molecule has 0 saturated heterocycles. The van der Waals surface area contributed by atoms with Crippen LogP contribution in [0.5, 0.6) is 5.75 Å². The number of rotatable bonds is 2. The van der Waals surface area contributed by atoms with Gasteiger partial charge in [0.2, 0.25) is 0 Å². The second kappa shape index (κ2) is 3.77. The molecule has 1 saturated carbocycles. The Kier molecular flexibility index (Phi) is 2.33. The van der Waals surface area contributed by atoms with Crippen molar-refractivity contribution in [1.82, 2.24) is 9.88 Å². The number of amides is 1. The zero-order valence-corrected chi connectivity index (χ0v) is 10.5. The van der Waals surface area contributed by atoms with Gasteiger partial charge in [0.05, 0.1) is 11.1 Å². The highest BCUT2D eigenvalue weighted by atomic mass is 16.3. The smallest absolute Gasteiger partial charge is 0.253 e. The molecule has 1 aliphatic carbocycles. The Labute approximate surface area is 105 Å². The number of aryl methyl sites for hydroxylation is 1. The molecule has 1 amide bonds. The number of nitrogens with one attached hydrogen (secondary N) is 1. The fourth-order valence-corrected chi connectivity index (χ4v) is 2.32. The van der Waals surface area contributed by atoms with Crippen molar-refractivity contribution < 1.29 is 9.90 Å². The number of carbonyl (C=O) groups is 1. The van der Waals surface area contributed by atoms with E-state index in [1.54, 1.807) is 18.2 Å². The molecule has 1 fully saturated rings. The molecule has 1 aromatic heterocycles. The summed E-state index contributed by atoms with van der Waals surface area (Å²) in [5.41, 5.74) is 2.53. The summed E-state index contributed by atoms with van der Waals surface area (Å²) in [6, 6.07) is 5.47. The van der Waals surface area contributed by atoms with Crippen molar-refractivity contribution in [3.63, 3.8) is 0 Å². The first-order valence-corrected chi connectivity index (χ1v) is 6.17. The summed E-state index contributed by atoms with van der Waals surface area (Å²) in [6.07, 6.45) is 2.16. The molecular formula is C14H16N2O2. The number of fused-ring (bicyclic) bond motifs is 1. The predicted octanol–water partition coefficient (Wildman–Crippen LogP) is 2.08. The van der Waals surface area contributed by atoms with Crippen LogP contribution in [-0.4, -0.2) is 21.6 Å². The highest BCUT2D eigenvalue weighted by molar-refractivity contribution is 6.08. The zero-order valence-electron chi connectivity index (χ0n) is 10.5.